The van der Waals surface area contributed by atoms with Crippen molar-refractivity contribution in [1.29, 1.82) is 0 Å². The summed E-state index contributed by atoms with van der Waals surface area (Å²) in [5, 5.41) is 0.0627. The Balaban J connectivity index is 1.83. The van der Waals surface area contributed by atoms with Crippen LogP contribution in [-0.2, 0) is 14.8 Å². The lowest BCUT2D eigenvalue weighted by Crippen LogP contribution is -2.29. The van der Waals surface area contributed by atoms with Gasteiger partial charge in [0.05, 0.1) is 23.0 Å². The second kappa shape index (κ2) is 13.3. The Bertz CT molecular complexity index is 1250. The number of hydrogen-bond acceptors (Lipinski definition) is 7. The highest BCUT2D eigenvalue weighted by Crippen LogP contribution is 2.36. The van der Waals surface area contributed by atoms with Gasteiger partial charge in [-0.2, -0.15) is 8.42 Å². The number of methoxy groups -OCH3 is 1. The average Bonchev–Trinajstić information content (AvgIpc) is 3.41. The largest absolute Gasteiger partial charge is 0.493 e. The first kappa shape index (κ1) is 28.3. The summed E-state index contributed by atoms with van der Waals surface area (Å²) in [6, 6.07) is 8.29. The Morgan fingerprint density at radius 3 is 2.58 bits per heavy atom. The fraction of sp³-hybridized carbons (Fsp3) is 0.360. The number of carbonyl (C=O) groups is 1. The number of hydrogen-bond donors (Lipinski definition) is 0. The van der Waals surface area contributed by atoms with E-state index in [0.29, 0.717) is 27.3 Å². The molecule has 3 rings (SSSR count). The van der Waals surface area contributed by atoms with Gasteiger partial charge in [-0.05, 0) is 54.1 Å². The predicted molar refractivity (Wildman–Crippen MR) is 149 cm³/mol. The molecule has 2 heterocycles. The second-order valence-corrected chi connectivity index (χ2v) is 12.5. The van der Waals surface area contributed by atoms with Gasteiger partial charge in [-0.15, -0.1) is 22.3 Å². The summed E-state index contributed by atoms with van der Waals surface area (Å²) in [5.41, 5.74) is 0.723. The van der Waals surface area contributed by atoms with Crippen molar-refractivity contribution in [2.45, 2.75) is 43.2 Å². The summed E-state index contributed by atoms with van der Waals surface area (Å²) in [4.78, 5) is 14.7. The number of nitrogens with zero attached hydrogens (tertiary/aromatic N) is 2. The van der Waals surface area contributed by atoms with Gasteiger partial charge in [0, 0.05) is 6.54 Å². The van der Waals surface area contributed by atoms with Crippen molar-refractivity contribution < 1.29 is 22.7 Å². The fourth-order valence-corrected chi connectivity index (χ4v) is 7.04. The molecule has 0 aliphatic carbocycles. The summed E-state index contributed by atoms with van der Waals surface area (Å²) in [7, 11) is -2.44. The normalized spacial score (nSPS) is 16.2. The summed E-state index contributed by atoms with van der Waals surface area (Å²) in [6.07, 6.45) is 8.85. The molecule has 0 radical (unpaired) electrons. The molecule has 0 atom stereocenters. The van der Waals surface area contributed by atoms with Crippen LogP contribution in [0.3, 0.4) is 0 Å². The number of sulfonamides is 1. The van der Waals surface area contributed by atoms with E-state index in [0.717, 1.165) is 41.5 Å². The van der Waals surface area contributed by atoms with Gasteiger partial charge in [-0.25, -0.2) is 0 Å². The number of amidine groups is 1. The number of amides is 1. The first-order valence-corrected chi connectivity index (χ1v) is 15.0. The highest BCUT2D eigenvalue weighted by Gasteiger charge is 2.34. The highest BCUT2D eigenvalue weighted by molar-refractivity contribution is 8.19. The zero-order valence-electron chi connectivity index (χ0n) is 20.2. The third-order valence-corrected chi connectivity index (χ3v) is 9.28. The van der Waals surface area contributed by atoms with Crippen molar-refractivity contribution in [1.82, 2.24) is 4.90 Å². The van der Waals surface area contributed by atoms with Crippen molar-refractivity contribution in [2.24, 2.45) is 4.40 Å². The van der Waals surface area contributed by atoms with Crippen LogP contribution in [-0.4, -0.2) is 44.7 Å². The number of rotatable bonds is 13. The number of thiophene rings is 1. The molecule has 36 heavy (non-hydrogen) atoms. The van der Waals surface area contributed by atoms with E-state index in [2.05, 4.69) is 17.9 Å². The number of ether oxygens (including phenoxy) is 2. The van der Waals surface area contributed by atoms with Gasteiger partial charge in [0.25, 0.3) is 15.9 Å². The Morgan fingerprint density at radius 2 is 1.92 bits per heavy atom. The maximum Gasteiger partial charge on any atom is 0.294 e. The molecule has 0 saturated carbocycles. The van der Waals surface area contributed by atoms with E-state index in [-0.39, 0.29) is 21.8 Å². The molecule has 7 nitrogen and oxygen atoms in total. The predicted octanol–water partition coefficient (Wildman–Crippen LogP) is 6.61. The van der Waals surface area contributed by atoms with Gasteiger partial charge in [0.1, 0.15) is 4.21 Å². The van der Waals surface area contributed by atoms with Gasteiger partial charge in [-0.3, -0.25) is 9.69 Å². The molecule has 1 saturated heterocycles. The molecule has 194 valence electrons. The topological polar surface area (TPSA) is 85.3 Å². The molecule has 0 N–H and O–H groups in total. The van der Waals surface area contributed by atoms with Crippen molar-refractivity contribution in [3.8, 4) is 11.5 Å². The van der Waals surface area contributed by atoms with Crippen LogP contribution in [0.4, 0.5) is 0 Å². The number of thioether (sulfide) groups is 1. The van der Waals surface area contributed by atoms with Gasteiger partial charge in [0.2, 0.25) is 0 Å². The summed E-state index contributed by atoms with van der Waals surface area (Å²) < 4.78 is 41.2. The zero-order valence-corrected chi connectivity index (χ0v) is 23.4. The lowest BCUT2D eigenvalue weighted by Gasteiger charge is -2.12. The van der Waals surface area contributed by atoms with Crippen LogP contribution in [0.15, 0.2) is 56.5 Å². The van der Waals surface area contributed by atoms with Crippen molar-refractivity contribution in [2.75, 3.05) is 20.3 Å². The molecule has 1 aromatic carbocycles. The summed E-state index contributed by atoms with van der Waals surface area (Å²) in [5.74, 6) is 0.839. The minimum atomic E-state index is -4.02. The Morgan fingerprint density at radius 1 is 1.14 bits per heavy atom. The van der Waals surface area contributed by atoms with E-state index in [9.17, 15) is 13.2 Å². The van der Waals surface area contributed by atoms with E-state index < -0.39 is 10.0 Å². The quantitative estimate of drug-likeness (QED) is 0.154. The number of benzene rings is 1. The Hall–Kier alpha value is -2.27. The van der Waals surface area contributed by atoms with E-state index in [1.807, 2.05) is 12.1 Å². The van der Waals surface area contributed by atoms with E-state index in [1.54, 1.807) is 19.3 Å². The molecule has 1 aliphatic heterocycles. The van der Waals surface area contributed by atoms with E-state index in [4.69, 9.17) is 21.1 Å². The van der Waals surface area contributed by atoms with Crippen LogP contribution >= 0.6 is 34.7 Å². The summed E-state index contributed by atoms with van der Waals surface area (Å²) >= 11 is 7.79. The van der Waals surface area contributed by atoms with Crippen LogP contribution in [0.2, 0.25) is 4.34 Å². The molecule has 0 unspecified atom stereocenters. The van der Waals surface area contributed by atoms with Crippen LogP contribution in [0.1, 0.15) is 44.6 Å². The van der Waals surface area contributed by atoms with E-state index >= 15 is 0 Å². The minimum absolute atomic E-state index is 0.00988. The molecule has 1 fully saturated rings. The SMILES string of the molecule is C=CCN1C(=O)/C(=C/c2ccc(OC)c(OCCCCCCC)c2)S/C1=N/S(=O)(=O)c1ccc(Cl)s1. The third kappa shape index (κ3) is 7.38. The first-order valence-electron chi connectivity index (χ1n) is 11.5. The maximum absolute atomic E-state index is 13.1. The summed E-state index contributed by atoms with van der Waals surface area (Å²) in [6.45, 7) is 6.54. The number of unbranched alkanes of at least 4 members (excludes halogenated alkanes) is 4. The molecule has 1 aromatic heterocycles. The second-order valence-electron chi connectivity index (χ2n) is 7.90. The van der Waals surface area contributed by atoms with Crippen molar-refractivity contribution in [3.63, 3.8) is 0 Å². The molecule has 2 aromatic rings. The lowest BCUT2D eigenvalue weighted by atomic mass is 10.1. The van der Waals surface area contributed by atoms with Gasteiger partial charge in [-0.1, -0.05) is 56.4 Å². The van der Waals surface area contributed by atoms with Crippen LogP contribution in [0, 0.1) is 0 Å². The number of halogens is 1. The van der Waals surface area contributed by atoms with Crippen LogP contribution in [0.5, 0.6) is 11.5 Å². The zero-order chi connectivity index (χ0) is 26.1. The molecule has 11 heteroatoms. The average molecular weight is 569 g/mol. The van der Waals surface area contributed by atoms with Crippen LogP contribution in [0.25, 0.3) is 6.08 Å². The van der Waals surface area contributed by atoms with E-state index in [1.165, 1.54) is 42.4 Å². The molecular formula is C25H29ClN2O5S3. The molecule has 1 aliphatic rings. The Labute approximate surface area is 225 Å². The lowest BCUT2D eigenvalue weighted by molar-refractivity contribution is -0.121. The van der Waals surface area contributed by atoms with Gasteiger partial charge in [0.15, 0.2) is 16.7 Å². The first-order chi connectivity index (χ1) is 17.3. The van der Waals surface area contributed by atoms with Crippen molar-refractivity contribution >= 4 is 61.9 Å². The number of carbonyl (C=O) groups excluding carboxylic acids is 1. The third-order valence-electron chi connectivity index (χ3n) is 5.19. The standard InChI is InChI=1S/C25H29ClN2O5S3/c1-4-6-7-8-9-15-33-20-16-18(10-11-19(20)32-3)17-21-24(29)28(14-5-2)25(34-21)27-36(30,31)23-13-12-22(26)35-23/h5,10-13,16-17H,2,4,6-9,14-15H2,1,3H3/b21-17-,27-25+. The molecule has 0 bridgehead atoms. The molecule has 1 amide bonds. The molecular weight excluding hydrogens is 540 g/mol. The maximum atomic E-state index is 13.1. The minimum Gasteiger partial charge on any atom is -0.493 e. The smallest absolute Gasteiger partial charge is 0.294 e. The highest BCUT2D eigenvalue weighted by atomic mass is 35.5. The van der Waals surface area contributed by atoms with Gasteiger partial charge < -0.3 is 9.47 Å². The van der Waals surface area contributed by atoms with Crippen LogP contribution < -0.4 is 9.47 Å². The monoisotopic (exact) mass is 568 g/mol. The Kier molecular flexibility index (Phi) is 10.5. The molecule has 0 spiro atoms. The fourth-order valence-electron chi connectivity index (χ4n) is 3.39. The van der Waals surface area contributed by atoms with Crippen molar-refractivity contribution in [3.05, 3.63) is 57.8 Å². The van der Waals surface area contributed by atoms with Gasteiger partial charge >= 0.3 is 0 Å².